The summed E-state index contributed by atoms with van der Waals surface area (Å²) >= 11 is 5.26. The lowest BCUT2D eigenvalue weighted by Crippen LogP contribution is -2.41. The SMILES string of the molecule is O=C(CCn1c(=S)[nH]c2ccccc2c1=O)NC[C@@H]1COc2ccccc2O1. The largest absolute Gasteiger partial charge is 0.486 e. The molecule has 0 saturated heterocycles. The van der Waals surface area contributed by atoms with E-state index in [1.165, 1.54) is 4.57 Å². The van der Waals surface area contributed by atoms with Crippen molar-refractivity contribution < 1.29 is 14.3 Å². The summed E-state index contributed by atoms with van der Waals surface area (Å²) < 4.78 is 13.2. The first-order valence-corrected chi connectivity index (χ1v) is 9.39. The molecule has 1 aliphatic rings. The molecule has 0 fully saturated rings. The monoisotopic (exact) mass is 397 g/mol. The van der Waals surface area contributed by atoms with Crippen LogP contribution in [0, 0.1) is 4.77 Å². The molecule has 0 aliphatic carbocycles. The number of amides is 1. The normalized spacial score (nSPS) is 15.4. The highest BCUT2D eigenvalue weighted by Crippen LogP contribution is 2.30. The highest BCUT2D eigenvalue weighted by Gasteiger charge is 2.21. The molecule has 2 heterocycles. The number of aromatic nitrogens is 2. The predicted molar refractivity (Wildman–Crippen MR) is 107 cm³/mol. The highest BCUT2D eigenvalue weighted by molar-refractivity contribution is 7.71. The molecule has 1 aliphatic heterocycles. The molecule has 28 heavy (non-hydrogen) atoms. The molecule has 0 spiro atoms. The number of nitrogens with one attached hydrogen (secondary N) is 2. The van der Waals surface area contributed by atoms with E-state index in [2.05, 4.69) is 10.3 Å². The average Bonchev–Trinajstić information content (AvgIpc) is 2.72. The number of fused-ring (bicyclic) bond motifs is 2. The van der Waals surface area contributed by atoms with Crippen LogP contribution in [-0.4, -0.2) is 34.7 Å². The maximum Gasteiger partial charge on any atom is 0.262 e. The molecular formula is C20H19N3O4S. The van der Waals surface area contributed by atoms with Crippen molar-refractivity contribution in [3.8, 4) is 11.5 Å². The lowest BCUT2D eigenvalue weighted by atomic mass is 10.2. The summed E-state index contributed by atoms with van der Waals surface area (Å²) in [6.45, 7) is 0.898. The quantitative estimate of drug-likeness (QED) is 0.646. The summed E-state index contributed by atoms with van der Waals surface area (Å²) in [7, 11) is 0. The van der Waals surface area contributed by atoms with Gasteiger partial charge in [-0.3, -0.25) is 14.2 Å². The van der Waals surface area contributed by atoms with E-state index in [-0.39, 0.29) is 30.5 Å². The first kappa shape index (κ1) is 18.2. The molecule has 0 unspecified atom stereocenters. The van der Waals surface area contributed by atoms with E-state index in [9.17, 15) is 9.59 Å². The fourth-order valence-electron chi connectivity index (χ4n) is 3.10. The third-order valence-electron chi connectivity index (χ3n) is 4.55. The van der Waals surface area contributed by atoms with Gasteiger partial charge in [-0.05, 0) is 36.5 Å². The zero-order valence-electron chi connectivity index (χ0n) is 15.0. The van der Waals surface area contributed by atoms with Crippen LogP contribution in [0.3, 0.4) is 0 Å². The number of benzene rings is 2. The minimum absolute atomic E-state index is 0.139. The lowest BCUT2D eigenvalue weighted by molar-refractivity contribution is -0.121. The van der Waals surface area contributed by atoms with Gasteiger partial charge in [-0.2, -0.15) is 0 Å². The Kier molecular flexibility index (Phi) is 5.12. The Morgan fingerprint density at radius 1 is 1.18 bits per heavy atom. The number of carbonyl (C=O) groups excluding carboxylic acids is 1. The van der Waals surface area contributed by atoms with E-state index < -0.39 is 0 Å². The average molecular weight is 397 g/mol. The molecule has 1 atom stereocenters. The zero-order valence-corrected chi connectivity index (χ0v) is 15.8. The van der Waals surface area contributed by atoms with Crippen LogP contribution in [0.15, 0.2) is 53.3 Å². The van der Waals surface area contributed by atoms with Crippen molar-refractivity contribution in [2.75, 3.05) is 13.2 Å². The van der Waals surface area contributed by atoms with Crippen LogP contribution in [0.2, 0.25) is 0 Å². The van der Waals surface area contributed by atoms with Crippen LogP contribution in [0.5, 0.6) is 11.5 Å². The second-order valence-corrected chi connectivity index (χ2v) is 6.87. The first-order chi connectivity index (χ1) is 13.6. The van der Waals surface area contributed by atoms with Crippen molar-refractivity contribution in [2.45, 2.75) is 19.1 Å². The molecule has 2 aromatic carbocycles. The number of nitrogens with zero attached hydrogens (tertiary/aromatic N) is 1. The molecule has 7 nitrogen and oxygen atoms in total. The maximum absolute atomic E-state index is 12.6. The molecule has 144 valence electrons. The van der Waals surface area contributed by atoms with Crippen LogP contribution in [0.1, 0.15) is 6.42 Å². The molecule has 0 radical (unpaired) electrons. The van der Waals surface area contributed by atoms with Gasteiger partial charge < -0.3 is 19.8 Å². The van der Waals surface area contributed by atoms with E-state index in [1.807, 2.05) is 30.3 Å². The third kappa shape index (κ3) is 3.77. The Morgan fingerprint density at radius 3 is 2.79 bits per heavy atom. The van der Waals surface area contributed by atoms with Gasteiger partial charge >= 0.3 is 0 Å². The smallest absolute Gasteiger partial charge is 0.262 e. The Labute approximate surface area is 165 Å². The van der Waals surface area contributed by atoms with E-state index in [0.29, 0.717) is 40.3 Å². The topological polar surface area (TPSA) is 85.4 Å². The Morgan fingerprint density at radius 2 is 1.93 bits per heavy atom. The second-order valence-electron chi connectivity index (χ2n) is 6.48. The Balaban J connectivity index is 1.35. The fourth-order valence-corrected chi connectivity index (χ4v) is 3.38. The summed E-state index contributed by atoms with van der Waals surface area (Å²) in [6, 6.07) is 14.6. The molecule has 2 N–H and O–H groups in total. The molecule has 0 saturated carbocycles. The minimum atomic E-state index is -0.259. The van der Waals surface area contributed by atoms with Gasteiger partial charge in [-0.15, -0.1) is 0 Å². The van der Waals surface area contributed by atoms with Gasteiger partial charge in [0.05, 0.1) is 17.4 Å². The first-order valence-electron chi connectivity index (χ1n) is 8.99. The molecule has 1 aromatic heterocycles. The van der Waals surface area contributed by atoms with Gasteiger partial charge in [0.15, 0.2) is 16.3 Å². The zero-order chi connectivity index (χ0) is 19.5. The number of hydrogen-bond donors (Lipinski definition) is 2. The summed E-state index contributed by atoms with van der Waals surface area (Å²) in [5, 5.41) is 3.37. The number of rotatable bonds is 5. The van der Waals surface area contributed by atoms with Crippen molar-refractivity contribution >= 4 is 29.0 Å². The Hall–Kier alpha value is -3.13. The number of H-pyrrole nitrogens is 1. The number of carbonyl (C=O) groups is 1. The van der Waals surface area contributed by atoms with E-state index in [0.717, 1.165) is 0 Å². The lowest BCUT2D eigenvalue weighted by Gasteiger charge is -2.26. The third-order valence-corrected chi connectivity index (χ3v) is 4.87. The van der Waals surface area contributed by atoms with Crippen LogP contribution in [0.25, 0.3) is 10.9 Å². The minimum Gasteiger partial charge on any atom is -0.486 e. The van der Waals surface area contributed by atoms with Gasteiger partial charge in [0, 0.05) is 13.0 Å². The molecule has 0 bridgehead atoms. The highest BCUT2D eigenvalue weighted by atomic mass is 32.1. The van der Waals surface area contributed by atoms with Gasteiger partial charge in [0.1, 0.15) is 12.7 Å². The van der Waals surface area contributed by atoms with Gasteiger partial charge in [-0.1, -0.05) is 24.3 Å². The van der Waals surface area contributed by atoms with Crippen molar-refractivity contribution in [1.82, 2.24) is 14.9 Å². The van der Waals surface area contributed by atoms with Crippen molar-refractivity contribution in [3.63, 3.8) is 0 Å². The summed E-state index contributed by atoms with van der Waals surface area (Å²) in [6.07, 6.45) is -0.120. The maximum atomic E-state index is 12.6. The number of hydrogen-bond acceptors (Lipinski definition) is 5. The van der Waals surface area contributed by atoms with Crippen LogP contribution >= 0.6 is 12.2 Å². The number of para-hydroxylation sites is 3. The van der Waals surface area contributed by atoms with Gasteiger partial charge in [0.2, 0.25) is 5.91 Å². The number of ether oxygens (including phenoxy) is 2. The molecule has 8 heteroatoms. The van der Waals surface area contributed by atoms with Crippen molar-refractivity contribution in [2.24, 2.45) is 0 Å². The van der Waals surface area contributed by atoms with Gasteiger partial charge in [-0.25, -0.2) is 0 Å². The number of aromatic amines is 1. The van der Waals surface area contributed by atoms with E-state index in [4.69, 9.17) is 21.7 Å². The predicted octanol–water partition coefficient (Wildman–Crippen LogP) is 2.41. The van der Waals surface area contributed by atoms with Crippen molar-refractivity contribution in [1.29, 1.82) is 0 Å². The summed E-state index contributed by atoms with van der Waals surface area (Å²) in [5.41, 5.74) is 0.487. The van der Waals surface area contributed by atoms with E-state index in [1.54, 1.807) is 18.2 Å². The second kappa shape index (κ2) is 7.85. The molecule has 3 aromatic rings. The van der Waals surface area contributed by atoms with Crippen LogP contribution in [0.4, 0.5) is 0 Å². The fraction of sp³-hybridized carbons (Fsp3) is 0.250. The summed E-state index contributed by atoms with van der Waals surface area (Å²) in [4.78, 5) is 27.8. The molecular weight excluding hydrogens is 378 g/mol. The standard InChI is InChI=1S/C20H19N3O4S/c24-18(21-11-13-12-26-16-7-3-4-8-17(16)27-13)9-10-23-19(25)14-5-1-2-6-15(14)22-20(23)28/h1-8,13H,9-12H2,(H,21,24)(H,22,28)/t13-/m1/s1. The molecule has 4 rings (SSSR count). The van der Waals surface area contributed by atoms with Crippen LogP contribution < -0.4 is 20.3 Å². The van der Waals surface area contributed by atoms with Crippen LogP contribution in [-0.2, 0) is 11.3 Å². The van der Waals surface area contributed by atoms with Gasteiger partial charge in [0.25, 0.3) is 5.56 Å². The Bertz CT molecular complexity index is 1140. The molecule has 1 amide bonds. The van der Waals surface area contributed by atoms with Crippen molar-refractivity contribution in [3.05, 3.63) is 63.7 Å². The summed E-state index contributed by atoms with van der Waals surface area (Å²) in [5.74, 6) is 1.19. The van der Waals surface area contributed by atoms with E-state index >= 15 is 0 Å².